The quantitative estimate of drug-likeness (QED) is 0.476. The second-order valence-corrected chi connectivity index (χ2v) is 9.32. The van der Waals surface area contributed by atoms with Crippen molar-refractivity contribution in [3.05, 3.63) is 41.9 Å². The highest BCUT2D eigenvalue weighted by Crippen LogP contribution is 2.38. The summed E-state index contributed by atoms with van der Waals surface area (Å²) in [7, 11) is 0. The molecule has 0 fully saturated rings. The molecule has 3 aromatic heterocycles. The Morgan fingerprint density at radius 1 is 0.885 bits per heavy atom. The third kappa shape index (κ3) is 2.69. The Morgan fingerprint density at radius 3 is 2.35 bits per heavy atom. The molecule has 0 unspecified atom stereocenters. The standard InChI is InChI=1S/C20H23N5S/c1-19(2,3)16-13(7-8-14-17(16)24-26-23-14)12-9-10-25-15(11-12)21-22-18(25)20(4,5)6/h7-11H,1-6H3. The minimum Gasteiger partial charge on any atom is -0.286 e. The number of aromatic nitrogens is 5. The summed E-state index contributed by atoms with van der Waals surface area (Å²) in [5.74, 6) is 0.967. The molecule has 6 heteroatoms. The van der Waals surface area contributed by atoms with Gasteiger partial charge in [-0.15, -0.1) is 10.2 Å². The molecule has 0 aliphatic carbocycles. The van der Waals surface area contributed by atoms with Crippen molar-refractivity contribution in [2.45, 2.75) is 52.4 Å². The van der Waals surface area contributed by atoms with Crippen molar-refractivity contribution in [3.8, 4) is 11.1 Å². The third-order valence-electron chi connectivity index (χ3n) is 4.57. The minimum absolute atomic E-state index is 0.0407. The molecule has 4 rings (SSSR count). The highest BCUT2D eigenvalue weighted by atomic mass is 32.1. The molecule has 0 saturated carbocycles. The number of rotatable bonds is 1. The highest BCUT2D eigenvalue weighted by Gasteiger charge is 2.25. The molecule has 0 atom stereocenters. The Balaban J connectivity index is 1.96. The van der Waals surface area contributed by atoms with Gasteiger partial charge in [-0.25, -0.2) is 0 Å². The molecule has 0 aliphatic rings. The molecule has 0 bridgehead atoms. The second-order valence-electron chi connectivity index (χ2n) is 8.79. The summed E-state index contributed by atoms with van der Waals surface area (Å²) >= 11 is 1.27. The highest BCUT2D eigenvalue weighted by molar-refractivity contribution is 7.00. The smallest absolute Gasteiger partial charge is 0.161 e. The Bertz CT molecular complexity index is 1110. The van der Waals surface area contributed by atoms with E-state index in [9.17, 15) is 0 Å². The topological polar surface area (TPSA) is 56.0 Å². The molecule has 3 heterocycles. The van der Waals surface area contributed by atoms with Gasteiger partial charge in [-0.3, -0.25) is 4.40 Å². The van der Waals surface area contributed by atoms with Gasteiger partial charge >= 0.3 is 0 Å². The van der Waals surface area contributed by atoms with Crippen LogP contribution < -0.4 is 0 Å². The van der Waals surface area contributed by atoms with Crippen LogP contribution in [0, 0.1) is 0 Å². The zero-order valence-corrected chi connectivity index (χ0v) is 16.8. The van der Waals surface area contributed by atoms with Crippen LogP contribution in [0.4, 0.5) is 0 Å². The lowest BCUT2D eigenvalue weighted by Crippen LogP contribution is -2.16. The number of nitrogens with zero attached hydrogens (tertiary/aromatic N) is 5. The van der Waals surface area contributed by atoms with Crippen LogP contribution in [0.2, 0.25) is 0 Å². The first-order chi connectivity index (χ1) is 12.2. The first-order valence-corrected chi connectivity index (χ1v) is 9.51. The zero-order valence-electron chi connectivity index (χ0n) is 16.0. The normalized spacial score (nSPS) is 13.0. The summed E-state index contributed by atoms with van der Waals surface area (Å²) in [6.07, 6.45) is 2.07. The zero-order chi connectivity index (χ0) is 18.7. The number of hydrogen-bond acceptors (Lipinski definition) is 5. The van der Waals surface area contributed by atoms with Gasteiger partial charge in [0.15, 0.2) is 5.65 Å². The second kappa shape index (κ2) is 5.58. The molecular weight excluding hydrogens is 342 g/mol. The van der Waals surface area contributed by atoms with Crippen molar-refractivity contribution < 1.29 is 0 Å². The number of pyridine rings is 1. The average Bonchev–Trinajstić information content (AvgIpc) is 3.17. The van der Waals surface area contributed by atoms with E-state index in [0.29, 0.717) is 0 Å². The van der Waals surface area contributed by atoms with E-state index in [0.717, 1.165) is 28.1 Å². The van der Waals surface area contributed by atoms with Crippen LogP contribution >= 0.6 is 11.7 Å². The summed E-state index contributed by atoms with van der Waals surface area (Å²) < 4.78 is 11.1. The van der Waals surface area contributed by atoms with Crippen LogP contribution in [0.15, 0.2) is 30.5 Å². The molecule has 1 aromatic carbocycles. The molecule has 5 nitrogen and oxygen atoms in total. The predicted octanol–water partition coefficient (Wildman–Crippen LogP) is 5.00. The molecule has 0 spiro atoms. The van der Waals surface area contributed by atoms with Crippen LogP contribution in [0.3, 0.4) is 0 Å². The summed E-state index contributed by atoms with van der Waals surface area (Å²) in [4.78, 5) is 0. The largest absolute Gasteiger partial charge is 0.286 e. The fourth-order valence-corrected chi connectivity index (χ4v) is 3.96. The average molecular weight is 366 g/mol. The Kier molecular flexibility index (Phi) is 3.67. The molecule has 0 saturated heterocycles. The lowest BCUT2D eigenvalue weighted by atomic mass is 9.81. The van der Waals surface area contributed by atoms with Crippen LogP contribution in [-0.4, -0.2) is 23.3 Å². The van der Waals surface area contributed by atoms with E-state index >= 15 is 0 Å². The maximum absolute atomic E-state index is 4.57. The molecule has 4 aromatic rings. The van der Waals surface area contributed by atoms with Crippen molar-refractivity contribution in [3.63, 3.8) is 0 Å². The number of benzene rings is 1. The van der Waals surface area contributed by atoms with Gasteiger partial charge < -0.3 is 0 Å². The van der Waals surface area contributed by atoms with Crippen molar-refractivity contribution in [1.82, 2.24) is 23.3 Å². The van der Waals surface area contributed by atoms with Crippen molar-refractivity contribution in [2.75, 3.05) is 0 Å². The molecule has 0 amide bonds. The first kappa shape index (κ1) is 17.1. The molecule has 0 radical (unpaired) electrons. The van der Waals surface area contributed by atoms with Gasteiger partial charge in [0.25, 0.3) is 0 Å². The maximum atomic E-state index is 4.57. The van der Waals surface area contributed by atoms with E-state index < -0.39 is 0 Å². The van der Waals surface area contributed by atoms with Crippen LogP contribution in [0.5, 0.6) is 0 Å². The summed E-state index contributed by atoms with van der Waals surface area (Å²) in [6, 6.07) is 8.45. The third-order valence-corrected chi connectivity index (χ3v) is 5.11. The van der Waals surface area contributed by atoms with Gasteiger partial charge in [0.1, 0.15) is 16.9 Å². The Labute approximate surface area is 157 Å². The summed E-state index contributed by atoms with van der Waals surface area (Å²) in [5, 5.41) is 8.81. The van der Waals surface area contributed by atoms with E-state index in [2.05, 4.69) is 95.3 Å². The molecule has 0 N–H and O–H groups in total. The van der Waals surface area contributed by atoms with Gasteiger partial charge in [0.05, 0.1) is 11.7 Å². The molecule has 26 heavy (non-hydrogen) atoms. The summed E-state index contributed by atoms with van der Waals surface area (Å²) in [6.45, 7) is 13.1. The monoisotopic (exact) mass is 365 g/mol. The van der Waals surface area contributed by atoms with E-state index in [-0.39, 0.29) is 10.8 Å². The fourth-order valence-electron chi connectivity index (χ4n) is 3.42. The van der Waals surface area contributed by atoms with Crippen LogP contribution in [0.25, 0.3) is 27.8 Å². The SMILES string of the molecule is CC(C)(C)c1c(-c2ccn3c(C(C)(C)C)nnc3c2)ccc2nsnc12. The Morgan fingerprint density at radius 2 is 1.65 bits per heavy atom. The van der Waals surface area contributed by atoms with Gasteiger partial charge in [-0.1, -0.05) is 47.6 Å². The fraction of sp³-hybridized carbons (Fsp3) is 0.400. The van der Waals surface area contributed by atoms with Crippen molar-refractivity contribution in [1.29, 1.82) is 0 Å². The van der Waals surface area contributed by atoms with Crippen molar-refractivity contribution in [2.24, 2.45) is 0 Å². The lowest BCUT2D eigenvalue weighted by molar-refractivity contribution is 0.539. The number of hydrogen-bond donors (Lipinski definition) is 0. The van der Waals surface area contributed by atoms with E-state index in [1.54, 1.807) is 0 Å². The lowest BCUT2D eigenvalue weighted by Gasteiger charge is -2.23. The number of fused-ring (bicyclic) bond motifs is 2. The van der Waals surface area contributed by atoms with Crippen LogP contribution in [0.1, 0.15) is 52.9 Å². The van der Waals surface area contributed by atoms with Gasteiger partial charge in [-0.2, -0.15) is 8.75 Å². The molecule has 134 valence electrons. The van der Waals surface area contributed by atoms with E-state index in [1.165, 1.54) is 22.9 Å². The van der Waals surface area contributed by atoms with Crippen LogP contribution in [-0.2, 0) is 10.8 Å². The van der Waals surface area contributed by atoms with Gasteiger partial charge in [0, 0.05) is 11.6 Å². The van der Waals surface area contributed by atoms with E-state index in [1.807, 2.05) is 0 Å². The van der Waals surface area contributed by atoms with E-state index in [4.69, 9.17) is 0 Å². The van der Waals surface area contributed by atoms with Gasteiger partial charge in [0.2, 0.25) is 0 Å². The Hall–Kier alpha value is -2.34. The minimum atomic E-state index is -0.0529. The maximum Gasteiger partial charge on any atom is 0.161 e. The first-order valence-electron chi connectivity index (χ1n) is 8.78. The molecular formula is C20H23N5S. The van der Waals surface area contributed by atoms with Crippen molar-refractivity contribution >= 4 is 28.4 Å². The summed E-state index contributed by atoms with van der Waals surface area (Å²) in [5.41, 5.74) is 6.26. The van der Waals surface area contributed by atoms with Gasteiger partial charge in [-0.05, 0) is 40.3 Å². The predicted molar refractivity (Wildman–Crippen MR) is 107 cm³/mol. The molecule has 0 aliphatic heterocycles.